The lowest BCUT2D eigenvalue weighted by Crippen LogP contribution is -2.28. The van der Waals surface area contributed by atoms with Gasteiger partial charge in [0.15, 0.2) is 4.90 Å². The van der Waals surface area contributed by atoms with Gasteiger partial charge in [0.1, 0.15) is 16.8 Å². The van der Waals surface area contributed by atoms with Gasteiger partial charge in [-0.05, 0) is 91.3 Å². The normalized spacial score (nSPS) is 23.4. The van der Waals surface area contributed by atoms with Crippen molar-refractivity contribution in [3.63, 3.8) is 0 Å². The molecule has 2 N–H and O–H groups in total. The van der Waals surface area contributed by atoms with Crippen molar-refractivity contribution in [3.8, 4) is 17.0 Å². The number of aliphatic hydroxyl groups excluding tert-OH is 1. The Morgan fingerprint density at radius 2 is 1.92 bits per heavy atom. The molecule has 2 aromatic carbocycles. The highest BCUT2D eigenvalue weighted by Crippen LogP contribution is 2.51. The lowest BCUT2D eigenvalue weighted by Gasteiger charge is -2.22. The van der Waals surface area contributed by atoms with E-state index in [1.807, 2.05) is 54.6 Å². The molecule has 2 fully saturated rings. The number of rotatable bonds is 7. The summed E-state index contributed by atoms with van der Waals surface area (Å²) in [7, 11) is 0. The second kappa shape index (κ2) is 9.70. The number of nitrogens with zero attached hydrogens (tertiary/aromatic N) is 1. The Morgan fingerprint density at radius 1 is 1.13 bits per heavy atom. The van der Waals surface area contributed by atoms with E-state index in [0.29, 0.717) is 12.4 Å². The van der Waals surface area contributed by atoms with Crippen LogP contribution in [0.3, 0.4) is 0 Å². The first kappa shape index (κ1) is 25.4. The Bertz CT molecular complexity index is 1350. The second-order valence-electron chi connectivity index (χ2n) is 11.6. The van der Waals surface area contributed by atoms with E-state index in [9.17, 15) is 14.5 Å². The summed E-state index contributed by atoms with van der Waals surface area (Å²) in [5, 5.41) is 12.7. The van der Waals surface area contributed by atoms with Gasteiger partial charge in [-0.15, -0.1) is 0 Å². The van der Waals surface area contributed by atoms with Crippen LogP contribution in [0.4, 0.5) is 5.82 Å². The van der Waals surface area contributed by atoms with Crippen LogP contribution in [0.2, 0.25) is 0 Å². The molecule has 2 heterocycles. The van der Waals surface area contributed by atoms with E-state index in [4.69, 9.17) is 9.72 Å². The average Bonchev–Trinajstić information content (AvgIpc) is 3.51. The molecule has 0 spiro atoms. The lowest BCUT2D eigenvalue weighted by molar-refractivity contribution is -0.118. The molecule has 3 aliphatic rings. The minimum absolute atomic E-state index is 0.0153. The van der Waals surface area contributed by atoms with Crippen LogP contribution in [0, 0.1) is 5.92 Å². The van der Waals surface area contributed by atoms with Crippen LogP contribution in [0.1, 0.15) is 57.1 Å². The summed E-state index contributed by atoms with van der Waals surface area (Å²) in [5.41, 5.74) is 3.26. The fourth-order valence-corrected chi connectivity index (χ4v) is 7.63. The van der Waals surface area contributed by atoms with Crippen molar-refractivity contribution in [2.24, 2.45) is 5.92 Å². The maximum atomic E-state index is 13.5. The number of pyridine rings is 1. The van der Waals surface area contributed by atoms with Crippen LogP contribution < -0.4 is 10.1 Å². The Labute approximate surface area is 227 Å². The summed E-state index contributed by atoms with van der Waals surface area (Å²) in [6.07, 6.45) is 4.47. The summed E-state index contributed by atoms with van der Waals surface area (Å²) in [4.78, 5) is 19.0. The summed E-state index contributed by atoms with van der Waals surface area (Å²) >= 11 is -1.14. The Balaban J connectivity index is 1.17. The van der Waals surface area contributed by atoms with Gasteiger partial charge in [-0.25, -0.2) is 4.98 Å². The second-order valence-corrected chi connectivity index (χ2v) is 13.2. The fourth-order valence-electron chi connectivity index (χ4n) is 5.92. The van der Waals surface area contributed by atoms with Gasteiger partial charge >= 0.3 is 0 Å². The summed E-state index contributed by atoms with van der Waals surface area (Å²) in [5.74, 6) is 1.52. The molecular weight excluding hydrogens is 496 g/mol. The van der Waals surface area contributed by atoms with Gasteiger partial charge in [-0.3, -0.25) is 4.79 Å². The molecule has 3 atom stereocenters. The minimum atomic E-state index is -1.14. The first-order chi connectivity index (χ1) is 18.3. The molecule has 1 amide bonds. The van der Waals surface area contributed by atoms with Crippen LogP contribution in [-0.2, 0) is 26.8 Å². The van der Waals surface area contributed by atoms with Crippen molar-refractivity contribution >= 4 is 22.9 Å². The first-order valence-electron chi connectivity index (χ1n) is 13.5. The van der Waals surface area contributed by atoms with Crippen molar-refractivity contribution in [1.82, 2.24) is 4.98 Å². The van der Waals surface area contributed by atoms with Crippen molar-refractivity contribution in [1.29, 1.82) is 0 Å². The van der Waals surface area contributed by atoms with E-state index in [0.717, 1.165) is 59.6 Å². The molecular formula is C31H34N2O4S. The molecule has 1 aromatic heterocycles. The quantitative estimate of drug-likeness (QED) is 0.401. The van der Waals surface area contributed by atoms with Crippen LogP contribution in [0.5, 0.6) is 5.75 Å². The van der Waals surface area contributed by atoms with Gasteiger partial charge in [0.05, 0.1) is 24.3 Å². The van der Waals surface area contributed by atoms with Gasteiger partial charge in [0, 0.05) is 22.5 Å². The number of aromatic nitrogens is 1. The molecule has 198 valence electrons. The van der Waals surface area contributed by atoms with Gasteiger partial charge in [0.2, 0.25) is 5.91 Å². The van der Waals surface area contributed by atoms with E-state index in [-0.39, 0.29) is 29.1 Å². The number of hydrogen-bond acceptors (Lipinski definition) is 5. The van der Waals surface area contributed by atoms with E-state index < -0.39 is 16.6 Å². The van der Waals surface area contributed by atoms with Gasteiger partial charge in [-0.2, -0.15) is 0 Å². The molecule has 0 radical (unpaired) electrons. The number of amides is 1. The predicted octanol–water partition coefficient (Wildman–Crippen LogP) is 5.36. The molecule has 6 nitrogen and oxygen atoms in total. The topological polar surface area (TPSA) is 94.5 Å². The fraction of sp³-hybridized carbons (Fsp3) is 0.419. The van der Waals surface area contributed by atoms with Gasteiger partial charge in [-0.1, -0.05) is 32.0 Å². The molecule has 0 bridgehead atoms. The summed E-state index contributed by atoms with van der Waals surface area (Å²) < 4.78 is 18.9. The van der Waals surface area contributed by atoms with Crippen LogP contribution in [0.25, 0.3) is 11.3 Å². The summed E-state index contributed by atoms with van der Waals surface area (Å²) in [6.45, 7) is 5.09. The number of nitrogens with one attached hydrogen (secondary N) is 1. The molecule has 3 aromatic rings. The number of anilines is 1. The Hall–Kier alpha value is -2.87. The third-order valence-electron chi connectivity index (χ3n) is 8.51. The Kier molecular flexibility index (Phi) is 6.49. The van der Waals surface area contributed by atoms with Crippen LogP contribution >= 0.6 is 0 Å². The number of aliphatic hydroxyl groups is 1. The maximum absolute atomic E-state index is 13.5. The SMILES string of the molecule is CC1(C)COc2ccc(C3(C(=O)Nc4cccc(-c5ccc([S+]([O-])C6CCC[C@@H]6CO)cc5)n4)CC3)cc21. The van der Waals surface area contributed by atoms with E-state index in [1.165, 1.54) is 5.56 Å². The Morgan fingerprint density at radius 3 is 2.66 bits per heavy atom. The molecule has 7 heteroatoms. The molecule has 6 rings (SSSR count). The van der Waals surface area contributed by atoms with Crippen LogP contribution in [-0.4, -0.2) is 39.0 Å². The van der Waals surface area contributed by atoms with Crippen molar-refractivity contribution in [3.05, 3.63) is 71.8 Å². The molecule has 0 saturated heterocycles. The third kappa shape index (κ3) is 4.51. The highest BCUT2D eigenvalue weighted by molar-refractivity contribution is 7.92. The molecule has 2 aliphatic carbocycles. The number of hydrogen-bond donors (Lipinski definition) is 2. The molecule has 38 heavy (non-hydrogen) atoms. The predicted molar refractivity (Wildman–Crippen MR) is 149 cm³/mol. The zero-order valence-corrected chi connectivity index (χ0v) is 22.7. The molecule has 2 saturated carbocycles. The molecule has 2 unspecified atom stereocenters. The highest BCUT2D eigenvalue weighted by Gasteiger charge is 2.52. The minimum Gasteiger partial charge on any atom is -0.611 e. The molecule has 1 aliphatic heterocycles. The van der Waals surface area contributed by atoms with E-state index >= 15 is 0 Å². The smallest absolute Gasteiger partial charge is 0.236 e. The lowest BCUT2D eigenvalue weighted by atomic mass is 9.83. The average molecular weight is 531 g/mol. The van der Waals surface area contributed by atoms with E-state index in [2.05, 4.69) is 25.2 Å². The maximum Gasteiger partial charge on any atom is 0.236 e. The number of ether oxygens (including phenoxy) is 1. The first-order valence-corrected chi connectivity index (χ1v) is 14.7. The standard InChI is InChI=1S/C31H34N2O4S/c1-30(2)19-37-26-14-11-22(17-24(26)30)31(15-16-31)29(35)33-28-8-4-6-25(32-28)20-9-12-23(13-10-20)38(36)27-7-3-5-21(27)18-34/h4,6,8-14,17,21,27,34H,3,5,7,15-16,18-19H2,1-2H3,(H,32,33,35)/t21-,27?,38?/m1/s1. The monoisotopic (exact) mass is 530 g/mol. The number of benzene rings is 2. The highest BCUT2D eigenvalue weighted by atomic mass is 32.2. The third-order valence-corrected chi connectivity index (χ3v) is 10.4. The van der Waals surface area contributed by atoms with Crippen molar-refractivity contribution < 1.29 is 19.2 Å². The van der Waals surface area contributed by atoms with Crippen LogP contribution in [0.15, 0.2) is 65.6 Å². The van der Waals surface area contributed by atoms with Crippen molar-refractivity contribution in [2.45, 2.75) is 66.9 Å². The van der Waals surface area contributed by atoms with E-state index in [1.54, 1.807) is 0 Å². The zero-order chi connectivity index (χ0) is 26.5. The van der Waals surface area contributed by atoms with Crippen molar-refractivity contribution in [2.75, 3.05) is 18.5 Å². The largest absolute Gasteiger partial charge is 0.611 e. The van der Waals surface area contributed by atoms with Gasteiger partial charge < -0.3 is 19.7 Å². The zero-order valence-electron chi connectivity index (χ0n) is 21.9. The number of carbonyl (C=O) groups excluding carboxylic acids is 1. The number of fused-ring (bicyclic) bond motifs is 1. The van der Waals surface area contributed by atoms with Gasteiger partial charge in [0.25, 0.3) is 0 Å². The number of carbonyl (C=O) groups is 1. The summed E-state index contributed by atoms with van der Waals surface area (Å²) in [6, 6.07) is 19.4.